The highest BCUT2D eigenvalue weighted by Crippen LogP contribution is 2.42. The van der Waals surface area contributed by atoms with Gasteiger partial charge in [-0.25, -0.2) is 4.39 Å². The van der Waals surface area contributed by atoms with Gasteiger partial charge in [0.2, 0.25) is 5.78 Å². The van der Waals surface area contributed by atoms with Crippen LogP contribution in [0.25, 0.3) is 6.08 Å². The third-order valence-electron chi connectivity index (χ3n) is 6.04. The second-order valence-corrected chi connectivity index (χ2v) is 8.17. The highest BCUT2D eigenvalue weighted by Gasteiger charge is 2.33. The van der Waals surface area contributed by atoms with Crippen LogP contribution < -0.4 is 18.9 Å². The van der Waals surface area contributed by atoms with Gasteiger partial charge in [0.1, 0.15) is 35.5 Å². The number of ether oxygens (including phenoxy) is 4. The molecule has 3 aromatic carbocycles. The van der Waals surface area contributed by atoms with E-state index in [1.165, 1.54) is 12.1 Å². The summed E-state index contributed by atoms with van der Waals surface area (Å²) >= 11 is 0. The molecule has 0 aromatic heterocycles. The zero-order chi connectivity index (χ0) is 23.7. The van der Waals surface area contributed by atoms with Crippen molar-refractivity contribution in [1.82, 2.24) is 4.90 Å². The maximum Gasteiger partial charge on any atom is 0.231 e. The SMILES string of the molecule is COc1ccc(/C=C2\Oc3c(ccc4c3CN(CCc3ccc(F)cc3)CO4)C2=O)c(OC)c1. The molecule has 0 saturated carbocycles. The number of halogens is 1. The highest BCUT2D eigenvalue weighted by atomic mass is 19.1. The second kappa shape index (κ2) is 9.19. The lowest BCUT2D eigenvalue weighted by Crippen LogP contribution is -2.33. The summed E-state index contributed by atoms with van der Waals surface area (Å²) in [5, 5.41) is 0. The first-order valence-electron chi connectivity index (χ1n) is 11.0. The minimum absolute atomic E-state index is 0.181. The number of rotatable bonds is 6. The van der Waals surface area contributed by atoms with Gasteiger partial charge in [-0.2, -0.15) is 0 Å². The van der Waals surface area contributed by atoms with Crippen LogP contribution in [0.2, 0.25) is 0 Å². The first-order valence-corrected chi connectivity index (χ1v) is 11.0. The van der Waals surface area contributed by atoms with Crippen LogP contribution in [0, 0.1) is 5.82 Å². The number of fused-ring (bicyclic) bond motifs is 3. The maximum absolute atomic E-state index is 13.2. The van der Waals surface area contributed by atoms with Crippen molar-refractivity contribution in [3.05, 3.63) is 88.4 Å². The van der Waals surface area contributed by atoms with Gasteiger partial charge < -0.3 is 18.9 Å². The van der Waals surface area contributed by atoms with Crippen LogP contribution in [0.3, 0.4) is 0 Å². The number of allylic oxidation sites excluding steroid dienone is 1. The fourth-order valence-corrected chi connectivity index (χ4v) is 4.17. The van der Waals surface area contributed by atoms with Crippen LogP contribution in [-0.2, 0) is 13.0 Å². The summed E-state index contributed by atoms with van der Waals surface area (Å²) in [6.45, 7) is 1.76. The van der Waals surface area contributed by atoms with E-state index in [9.17, 15) is 9.18 Å². The molecule has 6 nitrogen and oxygen atoms in total. The topological polar surface area (TPSA) is 57.2 Å². The van der Waals surface area contributed by atoms with Crippen molar-refractivity contribution in [2.75, 3.05) is 27.5 Å². The normalized spacial score (nSPS) is 16.0. The number of carbonyl (C=O) groups is 1. The van der Waals surface area contributed by atoms with Gasteiger partial charge in [0, 0.05) is 24.7 Å². The van der Waals surface area contributed by atoms with E-state index < -0.39 is 0 Å². The molecule has 34 heavy (non-hydrogen) atoms. The first-order chi connectivity index (χ1) is 16.6. The molecule has 0 N–H and O–H groups in total. The zero-order valence-corrected chi connectivity index (χ0v) is 19.0. The molecule has 2 aliphatic heterocycles. The van der Waals surface area contributed by atoms with Gasteiger partial charge >= 0.3 is 0 Å². The summed E-state index contributed by atoms with van der Waals surface area (Å²) in [5.74, 6) is 2.30. The lowest BCUT2D eigenvalue weighted by Gasteiger charge is -2.29. The number of Topliss-reactive ketones (excluding diaryl/α,β-unsaturated/α-hetero) is 1. The summed E-state index contributed by atoms with van der Waals surface area (Å²) in [4.78, 5) is 15.2. The van der Waals surface area contributed by atoms with E-state index in [-0.39, 0.29) is 17.4 Å². The maximum atomic E-state index is 13.2. The molecule has 7 heteroatoms. The lowest BCUT2D eigenvalue weighted by atomic mass is 10.0. The van der Waals surface area contributed by atoms with Crippen molar-refractivity contribution >= 4 is 11.9 Å². The molecule has 0 bridgehead atoms. The fraction of sp³-hybridized carbons (Fsp3) is 0.222. The Morgan fingerprint density at radius 2 is 1.88 bits per heavy atom. The Labute approximate surface area is 197 Å². The Morgan fingerprint density at radius 3 is 2.65 bits per heavy atom. The number of benzene rings is 3. The Balaban J connectivity index is 1.37. The Kier molecular flexibility index (Phi) is 5.94. The van der Waals surface area contributed by atoms with E-state index in [4.69, 9.17) is 18.9 Å². The molecular formula is C27H24FNO5. The Morgan fingerprint density at radius 1 is 1.06 bits per heavy atom. The first kappa shape index (κ1) is 22.0. The van der Waals surface area contributed by atoms with Crippen molar-refractivity contribution in [2.45, 2.75) is 13.0 Å². The Hall–Kier alpha value is -3.84. The van der Waals surface area contributed by atoms with Crippen molar-refractivity contribution in [3.63, 3.8) is 0 Å². The lowest BCUT2D eigenvalue weighted by molar-refractivity contribution is 0.0949. The molecule has 0 fully saturated rings. The van der Waals surface area contributed by atoms with Crippen LogP contribution in [0.5, 0.6) is 23.0 Å². The van der Waals surface area contributed by atoms with Gasteiger partial charge in [-0.15, -0.1) is 0 Å². The van der Waals surface area contributed by atoms with Gasteiger partial charge in [0.05, 0.1) is 25.3 Å². The molecule has 2 heterocycles. The van der Waals surface area contributed by atoms with Crippen LogP contribution in [-0.4, -0.2) is 38.2 Å². The van der Waals surface area contributed by atoms with Gasteiger partial charge in [-0.3, -0.25) is 9.69 Å². The van der Waals surface area contributed by atoms with Crippen molar-refractivity contribution < 1.29 is 28.1 Å². The molecule has 0 atom stereocenters. The summed E-state index contributed by atoms with van der Waals surface area (Å²) < 4.78 is 35.9. The largest absolute Gasteiger partial charge is 0.497 e. The molecule has 0 aliphatic carbocycles. The van der Waals surface area contributed by atoms with Gasteiger partial charge in [-0.05, 0) is 54.5 Å². The summed E-state index contributed by atoms with van der Waals surface area (Å²) in [5.41, 5.74) is 3.13. The van der Waals surface area contributed by atoms with Crippen LogP contribution in [0.1, 0.15) is 27.0 Å². The molecule has 3 aromatic rings. The number of hydrogen-bond acceptors (Lipinski definition) is 6. The van der Waals surface area contributed by atoms with Crippen molar-refractivity contribution in [1.29, 1.82) is 0 Å². The average Bonchev–Trinajstić information content (AvgIpc) is 3.19. The average molecular weight is 461 g/mol. The highest BCUT2D eigenvalue weighted by molar-refractivity contribution is 6.15. The van der Waals surface area contributed by atoms with Crippen molar-refractivity contribution in [3.8, 4) is 23.0 Å². The van der Waals surface area contributed by atoms with E-state index in [0.717, 1.165) is 24.1 Å². The third-order valence-corrected chi connectivity index (χ3v) is 6.04. The predicted octanol–water partition coefficient (Wildman–Crippen LogP) is 4.85. The summed E-state index contributed by atoms with van der Waals surface area (Å²) in [7, 11) is 3.15. The van der Waals surface area contributed by atoms with Gasteiger partial charge in [-0.1, -0.05) is 12.1 Å². The third kappa shape index (κ3) is 4.22. The van der Waals surface area contributed by atoms with Gasteiger partial charge in [0.25, 0.3) is 0 Å². The standard InChI is InChI=1S/C27H24FNO5/c1-31-20-8-5-18(24(14-20)32-2)13-25-26(30)21-9-10-23-22(27(21)34-25)15-29(16-33-23)12-11-17-3-6-19(28)7-4-17/h3-10,13-14H,11-12,15-16H2,1-2H3/b25-13-. The van der Waals surface area contributed by atoms with E-state index in [1.807, 2.05) is 12.1 Å². The summed E-state index contributed by atoms with van der Waals surface area (Å²) in [6, 6.07) is 15.5. The number of nitrogens with zero attached hydrogens (tertiary/aromatic N) is 1. The number of hydrogen-bond donors (Lipinski definition) is 0. The second-order valence-electron chi connectivity index (χ2n) is 8.17. The molecular weight excluding hydrogens is 437 g/mol. The summed E-state index contributed by atoms with van der Waals surface area (Å²) in [6.07, 6.45) is 2.44. The smallest absolute Gasteiger partial charge is 0.231 e. The Bertz CT molecular complexity index is 1270. The minimum Gasteiger partial charge on any atom is -0.497 e. The zero-order valence-electron chi connectivity index (χ0n) is 19.0. The minimum atomic E-state index is -0.243. The van der Waals surface area contributed by atoms with E-state index in [1.54, 1.807) is 50.6 Å². The van der Waals surface area contributed by atoms with Gasteiger partial charge in [0.15, 0.2) is 5.76 Å². The van der Waals surface area contributed by atoms with E-state index in [2.05, 4.69) is 4.90 Å². The fourth-order valence-electron chi connectivity index (χ4n) is 4.17. The molecule has 174 valence electrons. The molecule has 0 unspecified atom stereocenters. The van der Waals surface area contributed by atoms with E-state index in [0.29, 0.717) is 47.4 Å². The number of methoxy groups -OCH3 is 2. The predicted molar refractivity (Wildman–Crippen MR) is 125 cm³/mol. The van der Waals surface area contributed by atoms with Crippen LogP contribution in [0.15, 0.2) is 60.4 Å². The van der Waals surface area contributed by atoms with Crippen LogP contribution in [0.4, 0.5) is 4.39 Å². The van der Waals surface area contributed by atoms with E-state index >= 15 is 0 Å². The molecule has 0 amide bonds. The monoisotopic (exact) mass is 461 g/mol. The molecule has 0 spiro atoms. The number of ketones is 1. The van der Waals surface area contributed by atoms with Crippen LogP contribution >= 0.6 is 0 Å². The number of carbonyl (C=O) groups excluding carboxylic acids is 1. The van der Waals surface area contributed by atoms with Crippen molar-refractivity contribution in [2.24, 2.45) is 0 Å². The molecule has 5 rings (SSSR count). The molecule has 2 aliphatic rings. The molecule has 0 radical (unpaired) electrons. The quantitative estimate of drug-likeness (QED) is 0.489. The molecule has 0 saturated heterocycles.